The molecular formula is C13H20O4. The van der Waals surface area contributed by atoms with Crippen LogP contribution in [-0.4, -0.2) is 24.6 Å². The molecule has 0 aromatic heterocycles. The van der Waals surface area contributed by atoms with Crippen molar-refractivity contribution in [3.05, 3.63) is 24.3 Å². The van der Waals surface area contributed by atoms with Crippen LogP contribution >= 0.6 is 0 Å². The van der Waals surface area contributed by atoms with Gasteiger partial charge in [0.05, 0.1) is 12.5 Å². The van der Waals surface area contributed by atoms with Crippen LogP contribution in [0.1, 0.15) is 27.7 Å². The molecule has 0 spiro atoms. The lowest BCUT2D eigenvalue weighted by molar-refractivity contribution is -0.155. The fourth-order valence-corrected chi connectivity index (χ4v) is 1.13. The zero-order chi connectivity index (χ0) is 13.4. The molecule has 2 unspecified atom stereocenters. The maximum atomic E-state index is 11.5. The number of carbonyl (C=O) groups is 2. The quantitative estimate of drug-likeness (QED) is 0.406. The third kappa shape index (κ3) is 5.33. The zero-order valence-electron chi connectivity index (χ0n) is 10.9. The van der Waals surface area contributed by atoms with Crippen LogP contribution < -0.4 is 0 Å². The van der Waals surface area contributed by atoms with Crippen LogP contribution in [0.25, 0.3) is 0 Å². The lowest BCUT2D eigenvalue weighted by Crippen LogP contribution is -2.30. The average Bonchev–Trinajstić information content (AvgIpc) is 2.27. The van der Waals surface area contributed by atoms with Gasteiger partial charge in [0.1, 0.15) is 6.10 Å². The van der Waals surface area contributed by atoms with Crippen molar-refractivity contribution >= 4 is 11.9 Å². The predicted octanol–water partition coefficient (Wildman–Crippen LogP) is 2.25. The number of esters is 2. The molecule has 4 nitrogen and oxygen atoms in total. The van der Waals surface area contributed by atoms with Crippen LogP contribution in [0, 0.1) is 5.92 Å². The highest BCUT2D eigenvalue weighted by Gasteiger charge is 2.26. The van der Waals surface area contributed by atoms with Crippen molar-refractivity contribution in [2.75, 3.05) is 6.61 Å². The number of allylic oxidation sites excluding steroid dienone is 1. The van der Waals surface area contributed by atoms with E-state index in [0.29, 0.717) is 12.2 Å². The van der Waals surface area contributed by atoms with E-state index in [0.717, 1.165) is 0 Å². The highest BCUT2D eigenvalue weighted by molar-refractivity contribution is 5.87. The Balaban J connectivity index is 4.67. The molecule has 0 aliphatic rings. The Bertz CT molecular complexity index is 317. The molecule has 0 aliphatic carbocycles. The van der Waals surface area contributed by atoms with Gasteiger partial charge in [-0.2, -0.15) is 0 Å². The molecule has 0 fully saturated rings. The van der Waals surface area contributed by atoms with E-state index in [-0.39, 0.29) is 5.97 Å². The standard InChI is InChI=1S/C13H20O4/c1-6-8-11(17-12(14)9(3)4)10(5)13(15)16-7-2/h6,8,10-11H,3,7H2,1-2,4-5H3. The Kier molecular flexibility index (Phi) is 6.94. The molecule has 0 radical (unpaired) electrons. The maximum Gasteiger partial charge on any atom is 0.333 e. The summed E-state index contributed by atoms with van der Waals surface area (Å²) in [7, 11) is 0. The van der Waals surface area contributed by atoms with Crippen molar-refractivity contribution in [3.63, 3.8) is 0 Å². The first kappa shape index (κ1) is 15.4. The van der Waals surface area contributed by atoms with Crippen LogP contribution in [0.3, 0.4) is 0 Å². The third-order valence-electron chi connectivity index (χ3n) is 2.12. The van der Waals surface area contributed by atoms with Crippen LogP contribution in [0.2, 0.25) is 0 Å². The van der Waals surface area contributed by atoms with Crippen molar-refractivity contribution in [3.8, 4) is 0 Å². The highest BCUT2D eigenvalue weighted by atomic mass is 16.6. The highest BCUT2D eigenvalue weighted by Crippen LogP contribution is 2.13. The van der Waals surface area contributed by atoms with Gasteiger partial charge in [-0.15, -0.1) is 0 Å². The Labute approximate surface area is 102 Å². The van der Waals surface area contributed by atoms with E-state index < -0.39 is 18.0 Å². The Hall–Kier alpha value is -1.58. The van der Waals surface area contributed by atoms with Gasteiger partial charge in [0.15, 0.2) is 0 Å². The van der Waals surface area contributed by atoms with Gasteiger partial charge in [0.25, 0.3) is 0 Å². The second-order valence-corrected chi connectivity index (χ2v) is 3.72. The van der Waals surface area contributed by atoms with Crippen LogP contribution in [0.15, 0.2) is 24.3 Å². The SMILES string of the molecule is C=C(C)C(=O)OC(C=CC)C(C)C(=O)OCC. The van der Waals surface area contributed by atoms with E-state index in [1.807, 2.05) is 0 Å². The van der Waals surface area contributed by atoms with E-state index in [1.165, 1.54) is 0 Å². The minimum atomic E-state index is -0.622. The first-order valence-electron chi connectivity index (χ1n) is 5.59. The molecule has 0 aromatic carbocycles. The minimum absolute atomic E-state index is 0.301. The van der Waals surface area contributed by atoms with Crippen molar-refractivity contribution < 1.29 is 19.1 Å². The summed E-state index contributed by atoms with van der Waals surface area (Å²) < 4.78 is 10.0. The number of hydrogen-bond donors (Lipinski definition) is 0. The van der Waals surface area contributed by atoms with Gasteiger partial charge in [-0.25, -0.2) is 4.79 Å². The molecule has 0 N–H and O–H groups in total. The summed E-state index contributed by atoms with van der Waals surface area (Å²) in [6.45, 7) is 10.5. The zero-order valence-corrected chi connectivity index (χ0v) is 10.9. The molecule has 0 heterocycles. The van der Waals surface area contributed by atoms with Crippen molar-refractivity contribution in [1.29, 1.82) is 0 Å². The summed E-state index contributed by atoms with van der Waals surface area (Å²) in [4.78, 5) is 22.9. The summed E-state index contributed by atoms with van der Waals surface area (Å²) in [5, 5.41) is 0. The second kappa shape index (κ2) is 7.65. The summed E-state index contributed by atoms with van der Waals surface area (Å²) in [5.74, 6) is -1.43. The van der Waals surface area contributed by atoms with E-state index in [4.69, 9.17) is 9.47 Å². The molecule has 0 saturated carbocycles. The molecule has 17 heavy (non-hydrogen) atoms. The van der Waals surface area contributed by atoms with Gasteiger partial charge in [0.2, 0.25) is 0 Å². The Morgan fingerprint density at radius 2 is 2.00 bits per heavy atom. The lowest BCUT2D eigenvalue weighted by atomic mass is 10.0. The van der Waals surface area contributed by atoms with Gasteiger partial charge >= 0.3 is 11.9 Å². The molecule has 2 atom stereocenters. The smallest absolute Gasteiger partial charge is 0.333 e. The number of carbonyl (C=O) groups excluding carboxylic acids is 2. The predicted molar refractivity (Wildman–Crippen MR) is 65.3 cm³/mol. The summed E-state index contributed by atoms with van der Waals surface area (Å²) in [6.07, 6.45) is 2.76. The average molecular weight is 240 g/mol. The second-order valence-electron chi connectivity index (χ2n) is 3.72. The Morgan fingerprint density at radius 1 is 1.41 bits per heavy atom. The topological polar surface area (TPSA) is 52.6 Å². The van der Waals surface area contributed by atoms with Gasteiger partial charge < -0.3 is 9.47 Å². The van der Waals surface area contributed by atoms with Crippen LogP contribution in [0.4, 0.5) is 0 Å². The Morgan fingerprint density at radius 3 is 2.41 bits per heavy atom. The monoisotopic (exact) mass is 240 g/mol. The maximum absolute atomic E-state index is 11.5. The summed E-state index contributed by atoms with van der Waals surface area (Å²) in [6, 6.07) is 0. The van der Waals surface area contributed by atoms with Crippen molar-refractivity contribution in [1.82, 2.24) is 0 Å². The normalized spacial score (nSPS) is 14.1. The molecular weight excluding hydrogens is 220 g/mol. The first-order chi connectivity index (χ1) is 7.93. The summed E-state index contributed by atoms with van der Waals surface area (Å²) in [5.41, 5.74) is 0.301. The lowest BCUT2D eigenvalue weighted by Gasteiger charge is -2.20. The largest absolute Gasteiger partial charge is 0.466 e. The fraction of sp³-hybridized carbons (Fsp3) is 0.538. The van der Waals surface area contributed by atoms with Gasteiger partial charge in [-0.3, -0.25) is 4.79 Å². The number of rotatable bonds is 6. The molecule has 0 amide bonds. The van der Waals surface area contributed by atoms with Gasteiger partial charge in [-0.1, -0.05) is 12.7 Å². The molecule has 0 saturated heterocycles. The van der Waals surface area contributed by atoms with Crippen LogP contribution in [-0.2, 0) is 19.1 Å². The number of hydrogen-bond acceptors (Lipinski definition) is 4. The third-order valence-corrected chi connectivity index (χ3v) is 2.12. The molecule has 0 aromatic rings. The molecule has 0 aliphatic heterocycles. The molecule has 96 valence electrons. The molecule has 4 heteroatoms. The minimum Gasteiger partial charge on any atom is -0.466 e. The van der Waals surface area contributed by atoms with E-state index in [2.05, 4.69) is 6.58 Å². The first-order valence-corrected chi connectivity index (χ1v) is 5.59. The van der Waals surface area contributed by atoms with Gasteiger partial charge in [0, 0.05) is 5.57 Å². The summed E-state index contributed by atoms with van der Waals surface area (Å²) >= 11 is 0. The van der Waals surface area contributed by atoms with Gasteiger partial charge in [-0.05, 0) is 33.8 Å². The van der Waals surface area contributed by atoms with Crippen molar-refractivity contribution in [2.45, 2.75) is 33.8 Å². The molecule has 0 rings (SSSR count). The van der Waals surface area contributed by atoms with Crippen molar-refractivity contribution in [2.24, 2.45) is 5.92 Å². The molecule has 0 bridgehead atoms. The van der Waals surface area contributed by atoms with Crippen LogP contribution in [0.5, 0.6) is 0 Å². The van der Waals surface area contributed by atoms with E-state index >= 15 is 0 Å². The van der Waals surface area contributed by atoms with E-state index in [9.17, 15) is 9.59 Å². The number of ether oxygens (including phenoxy) is 2. The fourth-order valence-electron chi connectivity index (χ4n) is 1.13. The van der Waals surface area contributed by atoms with E-state index in [1.54, 1.807) is 39.8 Å².